The Kier molecular flexibility index (Phi) is 9.85. The Labute approximate surface area is 334 Å². The van der Waals surface area contributed by atoms with Gasteiger partial charge in [0.1, 0.15) is 12.0 Å². The van der Waals surface area contributed by atoms with Crippen LogP contribution in [0.3, 0.4) is 0 Å². The molecule has 3 saturated carbocycles. The summed E-state index contributed by atoms with van der Waals surface area (Å²) in [6.45, 7) is 26.1. The molecule has 0 spiro atoms. The van der Waals surface area contributed by atoms with Crippen LogP contribution in [0.4, 0.5) is 0 Å². The molecule has 56 heavy (non-hydrogen) atoms. The molecule has 3 heterocycles. The lowest BCUT2D eigenvalue weighted by Gasteiger charge is -2.71. The molecule has 1 amide bonds. The van der Waals surface area contributed by atoms with Crippen molar-refractivity contribution in [3.8, 4) is 11.4 Å². The van der Waals surface area contributed by atoms with Crippen LogP contribution in [0.15, 0.2) is 36.3 Å². The molecule has 4 aliphatic carbocycles. The molecule has 1 aliphatic heterocycles. The molecular weight excluding hydrogens is 705 g/mol. The summed E-state index contributed by atoms with van der Waals surface area (Å²) in [5, 5.41) is 16.1. The van der Waals surface area contributed by atoms with Gasteiger partial charge in [-0.1, -0.05) is 80.9 Å². The highest BCUT2D eigenvalue weighted by molar-refractivity contribution is 5.91. The molecule has 0 aromatic carbocycles. The number of primary amides is 1. The number of rotatable bonds is 9. The predicted octanol–water partition coefficient (Wildman–Crippen LogP) is 7.72. The van der Waals surface area contributed by atoms with Gasteiger partial charge in [0.2, 0.25) is 0 Å². The van der Waals surface area contributed by atoms with E-state index in [2.05, 4.69) is 87.2 Å². The van der Waals surface area contributed by atoms with Gasteiger partial charge in [0.05, 0.1) is 37.9 Å². The number of ether oxygens (including phenoxy) is 2. The van der Waals surface area contributed by atoms with Gasteiger partial charge in [-0.15, -0.1) is 0 Å². The van der Waals surface area contributed by atoms with Crippen molar-refractivity contribution in [1.29, 1.82) is 0 Å². The van der Waals surface area contributed by atoms with Gasteiger partial charge in [-0.25, -0.2) is 9.67 Å². The molecule has 11 nitrogen and oxygen atoms in total. The van der Waals surface area contributed by atoms with Crippen molar-refractivity contribution in [3.05, 3.63) is 42.0 Å². The highest BCUT2D eigenvalue weighted by atomic mass is 16.5. The van der Waals surface area contributed by atoms with Crippen molar-refractivity contribution in [2.24, 2.45) is 73.5 Å². The number of carboxylic acids is 1. The maximum absolute atomic E-state index is 13.6. The summed E-state index contributed by atoms with van der Waals surface area (Å²) < 4.78 is 16.0. The fraction of sp³-hybridized carbons (Fsp3) is 0.756. The van der Waals surface area contributed by atoms with Crippen molar-refractivity contribution >= 4 is 11.9 Å². The van der Waals surface area contributed by atoms with Crippen molar-refractivity contribution in [2.45, 2.75) is 132 Å². The van der Waals surface area contributed by atoms with Gasteiger partial charge in [0, 0.05) is 28.1 Å². The highest BCUT2D eigenvalue weighted by Gasteiger charge is 2.72. The molecule has 308 valence electrons. The van der Waals surface area contributed by atoms with Crippen LogP contribution >= 0.6 is 0 Å². The topological polar surface area (TPSA) is 168 Å². The number of hydrogen-bond donors (Lipinski definition) is 3. The predicted molar refractivity (Wildman–Crippen MR) is 216 cm³/mol. The lowest BCUT2D eigenvalue weighted by atomic mass is 9.34. The first-order valence-electron chi connectivity index (χ1n) is 21.1. The minimum atomic E-state index is -0.653. The summed E-state index contributed by atoms with van der Waals surface area (Å²) in [7, 11) is 0. The number of aliphatic carboxylic acids is 1. The van der Waals surface area contributed by atoms with E-state index < -0.39 is 34.2 Å². The van der Waals surface area contributed by atoms with Gasteiger partial charge in [-0.05, 0) is 103 Å². The Morgan fingerprint density at radius 2 is 1.77 bits per heavy atom. The van der Waals surface area contributed by atoms with E-state index in [4.69, 9.17) is 31.0 Å². The highest BCUT2D eigenvalue weighted by Crippen LogP contribution is 2.75. The summed E-state index contributed by atoms with van der Waals surface area (Å²) >= 11 is 0. The van der Waals surface area contributed by atoms with E-state index in [9.17, 15) is 14.7 Å². The summed E-state index contributed by atoms with van der Waals surface area (Å²) in [6, 6.07) is 3.28. The Morgan fingerprint density at radius 1 is 1.05 bits per heavy atom. The third kappa shape index (κ3) is 5.78. The Bertz CT molecular complexity index is 1900. The average Bonchev–Trinajstić information content (AvgIpc) is 3.60. The van der Waals surface area contributed by atoms with Gasteiger partial charge >= 0.3 is 5.97 Å². The number of pyridine rings is 1. The fourth-order valence-electron chi connectivity index (χ4n) is 13.0. The number of aromatic nitrogens is 4. The van der Waals surface area contributed by atoms with Crippen LogP contribution in [0.5, 0.6) is 0 Å². The van der Waals surface area contributed by atoms with Crippen molar-refractivity contribution in [3.63, 3.8) is 0 Å². The summed E-state index contributed by atoms with van der Waals surface area (Å²) in [6.07, 6.45) is 10.7. The molecule has 5 aliphatic rings. The van der Waals surface area contributed by atoms with Crippen LogP contribution in [-0.4, -0.2) is 68.2 Å². The van der Waals surface area contributed by atoms with Gasteiger partial charge < -0.3 is 26.0 Å². The number of nitrogens with two attached hydrogens (primary N) is 2. The molecular formula is C45H68N6O5. The second-order valence-electron chi connectivity index (χ2n) is 21.3. The van der Waals surface area contributed by atoms with Crippen LogP contribution in [-0.2, 0) is 14.3 Å². The third-order valence-electron chi connectivity index (χ3n) is 17.5. The SMILES string of the molecule is CC(C)[C@@H](C)[C@@]1(C)CC[C@]2(C)[C@H]3CC[C@H]4C5(C)COC[C@@]4(C[C@@H](n4ncnc4-c4ccnc(C(N)=O)c4)[C@@H]5OC[C@](C)(N)C(C)(C)C)C3=CC[C@@]2(C)[C@@H]1C(=O)O. The number of amides is 1. The number of allylic oxidation sites excluding steroid dienone is 1. The van der Waals surface area contributed by atoms with Crippen molar-refractivity contribution in [1.82, 2.24) is 19.7 Å². The number of carbonyl (C=O) groups excluding carboxylic acids is 1. The number of carboxylic acid groups (broad SMARTS) is 1. The van der Waals surface area contributed by atoms with Crippen LogP contribution in [0.2, 0.25) is 0 Å². The summed E-state index contributed by atoms with van der Waals surface area (Å²) in [5.74, 6) is 0.0761. The molecule has 1 saturated heterocycles. The zero-order valence-electron chi connectivity index (χ0n) is 35.8. The first kappa shape index (κ1) is 41.0. The monoisotopic (exact) mass is 773 g/mol. The van der Waals surface area contributed by atoms with Crippen LogP contribution in [0, 0.1) is 62.1 Å². The molecule has 12 atom stereocenters. The van der Waals surface area contributed by atoms with E-state index in [0.717, 1.165) is 38.5 Å². The Balaban J connectivity index is 1.36. The van der Waals surface area contributed by atoms with Crippen molar-refractivity contribution < 1.29 is 24.2 Å². The number of fused-ring (bicyclic) bond motifs is 3. The fourth-order valence-corrected chi connectivity index (χ4v) is 13.0. The zero-order chi connectivity index (χ0) is 41.0. The molecule has 2 aromatic heterocycles. The first-order valence-corrected chi connectivity index (χ1v) is 21.1. The van der Waals surface area contributed by atoms with E-state index in [1.54, 1.807) is 18.6 Å². The van der Waals surface area contributed by atoms with Gasteiger partial charge in [-0.2, -0.15) is 5.10 Å². The Hall–Kier alpha value is -3.15. The average molecular weight is 773 g/mol. The first-order chi connectivity index (χ1) is 26.0. The van der Waals surface area contributed by atoms with E-state index in [1.165, 1.54) is 5.57 Å². The van der Waals surface area contributed by atoms with E-state index in [0.29, 0.717) is 37.1 Å². The Morgan fingerprint density at radius 3 is 2.41 bits per heavy atom. The zero-order valence-corrected chi connectivity index (χ0v) is 35.8. The maximum Gasteiger partial charge on any atom is 0.307 e. The molecule has 4 fully saturated rings. The lowest BCUT2D eigenvalue weighted by Crippen LogP contribution is -2.69. The standard InChI is InChI=1S/C45H68N6O5/c1-26(2)27(3)40(7)17-18-42(9)29-12-13-33-41(8)22-55-24-45(33,30(29)14-16-43(42,10)34(40)38(53)54)21-32(35(41)56-23-44(11,47)39(4,5)6)51-37(49-25-50-51)28-15-19-48-31(20-28)36(46)52/h14-15,19-20,25-27,29,32-35H,12-13,16-18,21-24,47H2,1-11H3,(H2,46,52)(H,53,54)/t27-,29+,32-,33+,34-,35+,40-,41?,42-,43+,44+,45+/m1/s1. The summed E-state index contributed by atoms with van der Waals surface area (Å²) in [5.41, 5.74) is 12.5. The number of carbonyl (C=O) groups is 2. The van der Waals surface area contributed by atoms with Crippen LogP contribution in [0.25, 0.3) is 11.4 Å². The minimum Gasteiger partial charge on any atom is -0.481 e. The third-order valence-corrected chi connectivity index (χ3v) is 17.5. The number of hydrogen-bond acceptors (Lipinski definition) is 8. The smallest absolute Gasteiger partial charge is 0.307 e. The molecule has 0 radical (unpaired) electrons. The van der Waals surface area contributed by atoms with Crippen LogP contribution in [0.1, 0.15) is 131 Å². The second kappa shape index (κ2) is 13.4. The molecule has 7 rings (SSSR count). The maximum atomic E-state index is 13.6. The number of nitrogens with zero attached hydrogens (tertiary/aromatic N) is 4. The van der Waals surface area contributed by atoms with Gasteiger partial charge in [-0.3, -0.25) is 14.6 Å². The lowest BCUT2D eigenvalue weighted by molar-refractivity contribution is -0.253. The van der Waals surface area contributed by atoms with E-state index in [-0.39, 0.29) is 57.3 Å². The van der Waals surface area contributed by atoms with E-state index in [1.807, 2.05) is 10.7 Å². The normalized spacial score (nSPS) is 39.7. The second-order valence-corrected chi connectivity index (χ2v) is 21.3. The molecule has 2 bridgehead atoms. The molecule has 5 N–H and O–H groups in total. The molecule has 1 unspecified atom stereocenters. The van der Waals surface area contributed by atoms with Crippen molar-refractivity contribution in [2.75, 3.05) is 19.8 Å². The molecule has 2 aromatic rings. The molecule has 11 heteroatoms. The largest absolute Gasteiger partial charge is 0.481 e. The van der Waals surface area contributed by atoms with E-state index >= 15 is 0 Å². The quantitative estimate of drug-likeness (QED) is 0.216. The van der Waals surface area contributed by atoms with Crippen LogP contribution < -0.4 is 11.5 Å². The summed E-state index contributed by atoms with van der Waals surface area (Å²) in [4.78, 5) is 34.8. The van der Waals surface area contributed by atoms with Gasteiger partial charge in [0.15, 0.2) is 5.82 Å². The van der Waals surface area contributed by atoms with Gasteiger partial charge in [0.25, 0.3) is 5.91 Å². The minimum absolute atomic E-state index is 0.165.